The molecule has 1 aromatic heterocycles. The molecule has 208 valence electrons. The van der Waals surface area contributed by atoms with Crippen molar-refractivity contribution in [3.05, 3.63) is 30.2 Å². The van der Waals surface area contributed by atoms with Gasteiger partial charge in [0.15, 0.2) is 0 Å². The molecule has 1 saturated heterocycles. The Kier molecular flexibility index (Phi) is 7.07. The Morgan fingerprint density at radius 3 is 2.87 bits per heavy atom. The third kappa shape index (κ3) is 4.59. The van der Waals surface area contributed by atoms with Crippen LogP contribution in [0.3, 0.4) is 0 Å². The number of aliphatic hydroxyl groups excluding tert-OH is 1. The normalized spacial score (nSPS) is 41.1. The summed E-state index contributed by atoms with van der Waals surface area (Å²) in [5.41, 5.74) is 2.30. The van der Waals surface area contributed by atoms with E-state index in [2.05, 4.69) is 47.0 Å². The van der Waals surface area contributed by atoms with Crippen LogP contribution < -0.4 is 5.32 Å². The summed E-state index contributed by atoms with van der Waals surface area (Å²) >= 11 is 0. The largest absolute Gasteiger partial charge is 0.393 e. The Balaban J connectivity index is 1.04. The Bertz CT molecular complexity index is 1050. The van der Waals surface area contributed by atoms with Crippen molar-refractivity contribution < 1.29 is 9.90 Å². The quantitative estimate of drug-likeness (QED) is 0.461. The van der Waals surface area contributed by atoms with Crippen LogP contribution >= 0.6 is 0 Å². The molecule has 4 aliphatic carbocycles. The molecule has 9 atom stereocenters. The number of allylic oxidation sites excluding steroid dienone is 1. The standard InChI is InChI=1S/C32H48N4O2/c1-21(4-9-30(38)36-17-13-23(19-36)35-29-12-16-33-20-34-29)26-7-8-27-25-6-5-22-18-24(37)10-14-31(22,2)28(25)11-15-32(26,27)3/h5,12,16,20-21,23-28,37H,4,6-11,13-15,17-19H2,1-3H3,(H,33,34,35)/t21-,23+,24+,25+,26-,27+,28+,31+,32-/m1/s1. The van der Waals surface area contributed by atoms with Crippen molar-refractivity contribution in [2.45, 2.75) is 104 Å². The average Bonchev–Trinajstić information content (AvgIpc) is 3.52. The predicted octanol–water partition coefficient (Wildman–Crippen LogP) is 5.85. The van der Waals surface area contributed by atoms with Gasteiger partial charge in [-0.3, -0.25) is 4.79 Å². The lowest BCUT2D eigenvalue weighted by atomic mass is 9.47. The van der Waals surface area contributed by atoms with Gasteiger partial charge in [-0.05, 0) is 111 Å². The van der Waals surface area contributed by atoms with Gasteiger partial charge >= 0.3 is 0 Å². The number of likely N-dealkylation sites (tertiary alicyclic amines) is 1. The van der Waals surface area contributed by atoms with Crippen LogP contribution in [0.1, 0.15) is 91.4 Å². The highest BCUT2D eigenvalue weighted by atomic mass is 16.3. The number of hydrogen-bond donors (Lipinski definition) is 2. The lowest BCUT2D eigenvalue weighted by molar-refractivity contribution is -0.130. The van der Waals surface area contributed by atoms with Crippen molar-refractivity contribution in [3.63, 3.8) is 0 Å². The molecular formula is C32H48N4O2. The molecule has 4 fully saturated rings. The zero-order valence-corrected chi connectivity index (χ0v) is 23.7. The predicted molar refractivity (Wildman–Crippen MR) is 150 cm³/mol. The van der Waals surface area contributed by atoms with Crippen molar-refractivity contribution in [2.75, 3.05) is 18.4 Å². The van der Waals surface area contributed by atoms with Gasteiger partial charge in [0.25, 0.3) is 0 Å². The number of rotatable bonds is 6. The van der Waals surface area contributed by atoms with Gasteiger partial charge in [-0.2, -0.15) is 0 Å². The minimum atomic E-state index is -0.125. The molecule has 1 aromatic rings. The maximum atomic E-state index is 13.2. The minimum Gasteiger partial charge on any atom is -0.393 e. The number of aromatic nitrogens is 2. The molecule has 38 heavy (non-hydrogen) atoms. The fourth-order valence-corrected chi connectivity index (χ4v) is 10.0. The van der Waals surface area contributed by atoms with Gasteiger partial charge in [0.2, 0.25) is 5.91 Å². The van der Waals surface area contributed by atoms with Crippen LogP contribution in [0, 0.1) is 40.4 Å². The molecule has 0 unspecified atom stereocenters. The number of carbonyl (C=O) groups is 1. The number of fused-ring (bicyclic) bond motifs is 5. The smallest absolute Gasteiger partial charge is 0.222 e. The highest BCUT2D eigenvalue weighted by Gasteiger charge is 2.59. The molecule has 0 bridgehead atoms. The third-order valence-corrected chi connectivity index (χ3v) is 12.1. The van der Waals surface area contributed by atoms with Gasteiger partial charge in [-0.1, -0.05) is 32.4 Å². The molecule has 0 radical (unpaired) electrons. The topological polar surface area (TPSA) is 78.4 Å². The number of carbonyl (C=O) groups excluding carboxylic acids is 1. The Morgan fingerprint density at radius 2 is 2.05 bits per heavy atom. The first-order valence-electron chi connectivity index (χ1n) is 15.5. The maximum Gasteiger partial charge on any atom is 0.222 e. The second-order valence-corrected chi connectivity index (χ2v) is 14.0. The summed E-state index contributed by atoms with van der Waals surface area (Å²) in [6, 6.07) is 2.16. The first-order chi connectivity index (χ1) is 18.3. The van der Waals surface area contributed by atoms with E-state index in [1.807, 2.05) is 6.07 Å². The molecule has 0 aromatic carbocycles. The molecule has 6 heteroatoms. The third-order valence-electron chi connectivity index (χ3n) is 12.1. The number of nitrogens with one attached hydrogen (secondary N) is 1. The van der Waals surface area contributed by atoms with Crippen LogP contribution in [0.5, 0.6) is 0 Å². The number of hydrogen-bond acceptors (Lipinski definition) is 5. The summed E-state index contributed by atoms with van der Waals surface area (Å²) in [7, 11) is 0. The van der Waals surface area contributed by atoms with Gasteiger partial charge in [0, 0.05) is 31.7 Å². The first kappa shape index (κ1) is 26.3. The SMILES string of the molecule is C[C@H](CCC(=O)N1CC[C@H](Nc2ccncn2)C1)[C@H]1CC[C@H]2[C@@H]3CC=C4C[C@@H](O)CC[C@]4(C)[C@H]3CC[C@]12C. The van der Waals surface area contributed by atoms with Crippen LogP contribution in [0.25, 0.3) is 0 Å². The summed E-state index contributed by atoms with van der Waals surface area (Å²) < 4.78 is 0. The Hall–Kier alpha value is -1.95. The van der Waals surface area contributed by atoms with Gasteiger partial charge in [-0.15, -0.1) is 0 Å². The second-order valence-electron chi connectivity index (χ2n) is 14.0. The zero-order valence-electron chi connectivity index (χ0n) is 23.7. The van der Waals surface area contributed by atoms with E-state index in [4.69, 9.17) is 0 Å². The van der Waals surface area contributed by atoms with E-state index in [1.165, 1.54) is 38.5 Å². The van der Waals surface area contributed by atoms with Crippen LogP contribution in [0.4, 0.5) is 5.82 Å². The zero-order chi connectivity index (χ0) is 26.5. The van der Waals surface area contributed by atoms with E-state index >= 15 is 0 Å². The highest BCUT2D eigenvalue weighted by molar-refractivity contribution is 5.76. The highest BCUT2D eigenvalue weighted by Crippen LogP contribution is 2.67. The van der Waals surface area contributed by atoms with E-state index in [0.717, 1.165) is 68.3 Å². The molecule has 5 aliphatic rings. The summed E-state index contributed by atoms with van der Waals surface area (Å²) in [6.45, 7) is 9.18. The monoisotopic (exact) mass is 520 g/mol. The molecule has 2 N–H and O–H groups in total. The van der Waals surface area contributed by atoms with Crippen molar-refractivity contribution in [1.82, 2.24) is 14.9 Å². The molecular weight excluding hydrogens is 472 g/mol. The first-order valence-corrected chi connectivity index (χ1v) is 15.5. The minimum absolute atomic E-state index is 0.125. The molecule has 6 nitrogen and oxygen atoms in total. The molecule has 1 amide bonds. The van der Waals surface area contributed by atoms with Gasteiger partial charge in [-0.25, -0.2) is 9.97 Å². The fourth-order valence-electron chi connectivity index (χ4n) is 10.0. The number of nitrogens with zero attached hydrogens (tertiary/aromatic N) is 3. The molecule has 2 heterocycles. The summed E-state index contributed by atoms with van der Waals surface area (Å²) in [5, 5.41) is 13.8. The molecule has 1 aliphatic heterocycles. The van der Waals surface area contributed by atoms with Crippen molar-refractivity contribution in [3.8, 4) is 0 Å². The van der Waals surface area contributed by atoms with Gasteiger partial charge < -0.3 is 15.3 Å². The number of aliphatic hydroxyl groups is 1. The molecule has 3 saturated carbocycles. The van der Waals surface area contributed by atoms with Gasteiger partial charge in [0.1, 0.15) is 12.1 Å². The molecule has 0 spiro atoms. The van der Waals surface area contributed by atoms with Crippen LogP contribution in [-0.2, 0) is 4.79 Å². The van der Waals surface area contributed by atoms with E-state index in [0.29, 0.717) is 29.1 Å². The summed E-state index contributed by atoms with van der Waals surface area (Å²) in [5.74, 6) is 4.91. The van der Waals surface area contributed by atoms with E-state index in [-0.39, 0.29) is 12.1 Å². The van der Waals surface area contributed by atoms with Crippen molar-refractivity contribution in [2.24, 2.45) is 40.4 Å². The molecule has 6 rings (SSSR count). The van der Waals surface area contributed by atoms with Crippen molar-refractivity contribution >= 4 is 11.7 Å². The lowest BCUT2D eigenvalue weighted by Gasteiger charge is -2.58. The Morgan fingerprint density at radius 1 is 1.18 bits per heavy atom. The fraction of sp³-hybridized carbons (Fsp3) is 0.781. The lowest BCUT2D eigenvalue weighted by Crippen LogP contribution is -2.50. The second kappa shape index (κ2) is 10.2. The van der Waals surface area contributed by atoms with E-state index < -0.39 is 0 Å². The van der Waals surface area contributed by atoms with Crippen molar-refractivity contribution in [1.29, 1.82) is 0 Å². The summed E-state index contributed by atoms with van der Waals surface area (Å²) in [4.78, 5) is 23.5. The average molecular weight is 521 g/mol. The van der Waals surface area contributed by atoms with Crippen LogP contribution in [0.2, 0.25) is 0 Å². The maximum absolute atomic E-state index is 13.2. The van der Waals surface area contributed by atoms with E-state index in [9.17, 15) is 9.90 Å². The number of amides is 1. The number of anilines is 1. The van der Waals surface area contributed by atoms with Crippen LogP contribution in [-0.4, -0.2) is 51.1 Å². The van der Waals surface area contributed by atoms with Gasteiger partial charge in [0.05, 0.1) is 6.10 Å². The Labute approximate surface area is 229 Å². The summed E-state index contributed by atoms with van der Waals surface area (Å²) in [6.07, 6.45) is 18.1. The van der Waals surface area contributed by atoms with E-state index in [1.54, 1.807) is 18.1 Å². The van der Waals surface area contributed by atoms with Crippen LogP contribution in [0.15, 0.2) is 30.2 Å².